The molecule has 0 aliphatic carbocycles. The summed E-state index contributed by atoms with van der Waals surface area (Å²) >= 11 is 0. The van der Waals surface area contributed by atoms with Crippen LogP contribution in [0.25, 0.3) is 17.1 Å². The average Bonchev–Trinajstić information content (AvgIpc) is 3.18. The average molecular weight is 439 g/mol. The van der Waals surface area contributed by atoms with Gasteiger partial charge in [0, 0.05) is 42.2 Å². The third-order valence-corrected chi connectivity index (χ3v) is 4.81. The van der Waals surface area contributed by atoms with Crippen LogP contribution in [-0.4, -0.2) is 34.7 Å². The number of ether oxygens (including phenoxy) is 1. The van der Waals surface area contributed by atoms with Gasteiger partial charge >= 0.3 is 0 Å². The second kappa shape index (κ2) is 9.00. The maximum atomic E-state index is 12.8. The number of hydrogen-bond donors (Lipinski definition) is 0. The van der Waals surface area contributed by atoms with Crippen LogP contribution in [0.4, 0.5) is 8.78 Å². The quantitative estimate of drug-likeness (QED) is 0.436. The highest BCUT2D eigenvalue weighted by Gasteiger charge is 2.15. The minimum absolute atomic E-state index is 0.0753. The second-order valence-corrected chi connectivity index (χ2v) is 6.87. The van der Waals surface area contributed by atoms with Crippen molar-refractivity contribution >= 4 is 0 Å². The lowest BCUT2D eigenvalue weighted by Crippen LogP contribution is -2.17. The fourth-order valence-electron chi connectivity index (χ4n) is 3.00. The van der Waals surface area contributed by atoms with Crippen LogP contribution in [0, 0.1) is 6.92 Å². The number of aromatic nitrogens is 7. The molecule has 0 saturated heterocycles. The zero-order chi connectivity index (χ0) is 22.7. The lowest BCUT2D eigenvalue weighted by Gasteiger charge is -2.09. The molecule has 4 aromatic rings. The van der Waals surface area contributed by atoms with Crippen LogP contribution in [-0.2, 0) is 13.2 Å². The molecule has 0 unspecified atom stereocenters. The van der Waals surface area contributed by atoms with E-state index in [1.807, 2.05) is 6.92 Å². The van der Waals surface area contributed by atoms with E-state index in [-0.39, 0.29) is 23.6 Å². The molecule has 0 spiro atoms. The molecule has 0 fully saturated rings. The summed E-state index contributed by atoms with van der Waals surface area (Å²) in [5.41, 5.74) is 2.32. The lowest BCUT2D eigenvalue weighted by atomic mass is 10.2. The van der Waals surface area contributed by atoms with Crippen molar-refractivity contribution in [2.24, 2.45) is 0 Å². The smallest absolute Gasteiger partial charge is 0.265 e. The van der Waals surface area contributed by atoms with Gasteiger partial charge in [0.25, 0.3) is 12.0 Å². The van der Waals surface area contributed by atoms with Crippen molar-refractivity contribution in [1.29, 1.82) is 0 Å². The van der Waals surface area contributed by atoms with Crippen molar-refractivity contribution in [3.05, 3.63) is 76.1 Å². The molecular formula is C21H19F2N7O2. The summed E-state index contributed by atoms with van der Waals surface area (Å²) < 4.78 is 34.3. The fraction of sp³-hybridized carbons (Fsp3) is 0.238. The van der Waals surface area contributed by atoms with Gasteiger partial charge in [-0.25, -0.2) is 13.8 Å². The number of pyridine rings is 2. The fourth-order valence-corrected chi connectivity index (χ4v) is 3.00. The van der Waals surface area contributed by atoms with Crippen molar-refractivity contribution in [3.63, 3.8) is 0 Å². The Labute approximate surface area is 181 Å². The van der Waals surface area contributed by atoms with E-state index in [9.17, 15) is 13.6 Å². The summed E-state index contributed by atoms with van der Waals surface area (Å²) in [6.07, 6.45) is 0.240. The molecule has 0 N–H and O–H groups in total. The van der Waals surface area contributed by atoms with E-state index in [1.165, 1.54) is 22.9 Å². The van der Waals surface area contributed by atoms with Crippen LogP contribution >= 0.6 is 0 Å². The van der Waals surface area contributed by atoms with Gasteiger partial charge in [-0.1, -0.05) is 5.21 Å². The number of alkyl halides is 2. The van der Waals surface area contributed by atoms with E-state index >= 15 is 0 Å². The maximum Gasteiger partial charge on any atom is 0.265 e. The monoisotopic (exact) mass is 439 g/mol. The molecule has 0 atom stereocenters. The Morgan fingerprint density at radius 2 is 1.91 bits per heavy atom. The van der Waals surface area contributed by atoms with Crippen molar-refractivity contribution in [2.75, 3.05) is 0 Å². The standard InChI is InChI=1S/C21H19F2N7O2/c1-3-29-11-15(5-9-20(29)31)16-6-8-19(27-26-16)32-12-17-13(2)25-28-30(17)18-7-4-14(10-24-18)21(22)23/h4-11,21H,3,12H2,1-2H3. The molecule has 11 heteroatoms. The SMILES string of the molecule is CCn1cc(-c2ccc(OCc3c(C)nnn3-c3ccc(C(F)F)cn3)nn2)ccc1=O. The first-order chi connectivity index (χ1) is 15.5. The molecule has 32 heavy (non-hydrogen) atoms. The van der Waals surface area contributed by atoms with Crippen LogP contribution in [0.1, 0.15) is 30.3 Å². The van der Waals surface area contributed by atoms with E-state index in [0.29, 0.717) is 29.4 Å². The minimum atomic E-state index is -2.59. The first-order valence-electron chi connectivity index (χ1n) is 9.79. The molecule has 164 valence electrons. The van der Waals surface area contributed by atoms with E-state index in [0.717, 1.165) is 11.8 Å². The molecule has 0 aliphatic heterocycles. The Hall–Kier alpha value is -4.02. The highest BCUT2D eigenvalue weighted by Crippen LogP contribution is 2.20. The van der Waals surface area contributed by atoms with Crippen LogP contribution in [0.15, 0.2) is 53.6 Å². The molecule has 9 nitrogen and oxygen atoms in total. The summed E-state index contributed by atoms with van der Waals surface area (Å²) in [7, 11) is 0. The molecule has 0 amide bonds. The van der Waals surface area contributed by atoms with Gasteiger partial charge in [-0.15, -0.1) is 15.3 Å². The first kappa shape index (κ1) is 21.2. The lowest BCUT2D eigenvalue weighted by molar-refractivity contribution is 0.151. The summed E-state index contributed by atoms with van der Waals surface area (Å²) in [5.74, 6) is 0.631. The highest BCUT2D eigenvalue weighted by molar-refractivity contribution is 5.57. The minimum Gasteiger partial charge on any atom is -0.470 e. The van der Waals surface area contributed by atoms with E-state index < -0.39 is 6.43 Å². The largest absolute Gasteiger partial charge is 0.470 e. The summed E-state index contributed by atoms with van der Waals surface area (Å²) in [4.78, 5) is 15.8. The predicted molar refractivity (Wildman–Crippen MR) is 111 cm³/mol. The van der Waals surface area contributed by atoms with Crippen molar-refractivity contribution in [2.45, 2.75) is 33.4 Å². The van der Waals surface area contributed by atoms with Crippen molar-refractivity contribution in [1.82, 2.24) is 34.7 Å². The van der Waals surface area contributed by atoms with Gasteiger partial charge in [0.15, 0.2) is 5.82 Å². The predicted octanol–water partition coefficient (Wildman–Crippen LogP) is 3.13. The van der Waals surface area contributed by atoms with Crippen molar-refractivity contribution in [3.8, 4) is 23.0 Å². The third-order valence-electron chi connectivity index (χ3n) is 4.81. The van der Waals surface area contributed by atoms with Crippen LogP contribution in [0.5, 0.6) is 5.88 Å². The number of aryl methyl sites for hydroxylation is 2. The molecular weight excluding hydrogens is 420 g/mol. The van der Waals surface area contributed by atoms with Crippen LogP contribution in [0.2, 0.25) is 0 Å². The Bertz CT molecular complexity index is 1270. The van der Waals surface area contributed by atoms with Crippen LogP contribution < -0.4 is 10.3 Å². The van der Waals surface area contributed by atoms with E-state index in [2.05, 4.69) is 25.5 Å². The Morgan fingerprint density at radius 3 is 2.56 bits per heavy atom. The highest BCUT2D eigenvalue weighted by atomic mass is 19.3. The van der Waals surface area contributed by atoms with Gasteiger partial charge in [0.2, 0.25) is 5.88 Å². The summed E-state index contributed by atoms with van der Waals surface area (Å²) in [6.45, 7) is 4.28. The first-order valence-corrected chi connectivity index (χ1v) is 9.79. The van der Waals surface area contributed by atoms with Crippen molar-refractivity contribution < 1.29 is 13.5 Å². The topological polar surface area (TPSA) is 101 Å². The van der Waals surface area contributed by atoms with Crippen LogP contribution in [0.3, 0.4) is 0 Å². The second-order valence-electron chi connectivity index (χ2n) is 6.87. The third kappa shape index (κ3) is 4.36. The zero-order valence-electron chi connectivity index (χ0n) is 17.3. The molecule has 4 heterocycles. The van der Waals surface area contributed by atoms with Gasteiger partial charge in [-0.3, -0.25) is 4.79 Å². The Morgan fingerprint density at radius 1 is 1.06 bits per heavy atom. The van der Waals surface area contributed by atoms with E-state index in [1.54, 1.807) is 35.9 Å². The maximum absolute atomic E-state index is 12.8. The molecule has 0 saturated carbocycles. The Balaban J connectivity index is 1.50. The molecule has 0 aliphatic rings. The molecule has 4 rings (SSSR count). The zero-order valence-corrected chi connectivity index (χ0v) is 17.3. The van der Waals surface area contributed by atoms with Gasteiger partial charge in [0.05, 0.1) is 11.4 Å². The summed E-state index contributed by atoms with van der Waals surface area (Å²) in [6, 6.07) is 9.34. The number of hydrogen-bond acceptors (Lipinski definition) is 7. The van der Waals surface area contributed by atoms with Gasteiger partial charge in [-0.2, -0.15) is 4.68 Å². The van der Waals surface area contributed by atoms with Gasteiger partial charge in [0.1, 0.15) is 12.3 Å². The number of rotatable bonds is 7. The van der Waals surface area contributed by atoms with Gasteiger partial charge in [-0.05, 0) is 38.1 Å². The van der Waals surface area contributed by atoms with Gasteiger partial charge < -0.3 is 9.30 Å². The normalized spacial score (nSPS) is 11.2. The number of nitrogens with zero attached hydrogens (tertiary/aromatic N) is 7. The molecule has 0 radical (unpaired) electrons. The Kier molecular flexibility index (Phi) is 5.97. The van der Waals surface area contributed by atoms with E-state index in [4.69, 9.17) is 4.74 Å². The molecule has 4 aromatic heterocycles. The molecule has 0 aromatic carbocycles. The number of halogens is 2. The molecule has 0 bridgehead atoms. The summed E-state index contributed by atoms with van der Waals surface area (Å²) in [5, 5.41) is 16.3.